The average Bonchev–Trinajstić information content (AvgIpc) is 2.50. The van der Waals surface area contributed by atoms with Crippen LogP contribution in [0.15, 0.2) is 6.20 Å². The molecule has 1 heterocycles. The molecular weight excluding hydrogens is 202 g/mol. The number of hydrogen-bond donors (Lipinski definition) is 2. The van der Waals surface area contributed by atoms with Crippen LogP contribution >= 0.6 is 0 Å². The van der Waals surface area contributed by atoms with E-state index in [-0.39, 0.29) is 19.1 Å². The summed E-state index contributed by atoms with van der Waals surface area (Å²) in [5, 5.41) is 6.76. The first kappa shape index (κ1) is 12.1. The molecule has 86 valence electrons. The Kier molecular flexibility index (Phi) is 4.16. The number of nitrogens with zero attached hydrogens (tertiary/aromatic N) is 2. The monoisotopic (exact) mass is 218 g/mol. The Balaban J connectivity index is 2.70. The molecule has 6 heteroatoms. The van der Waals surface area contributed by atoms with E-state index in [0.717, 1.165) is 11.3 Å². The van der Waals surface area contributed by atoms with E-state index < -0.39 is 6.43 Å². The van der Waals surface area contributed by atoms with Gasteiger partial charge in [0.25, 0.3) is 6.43 Å². The Morgan fingerprint density at radius 2 is 2.27 bits per heavy atom. The van der Waals surface area contributed by atoms with Gasteiger partial charge in [0.15, 0.2) is 0 Å². The molecule has 1 aromatic heterocycles. The van der Waals surface area contributed by atoms with Crippen molar-refractivity contribution in [3.8, 4) is 0 Å². The van der Waals surface area contributed by atoms with Crippen molar-refractivity contribution < 1.29 is 8.78 Å². The summed E-state index contributed by atoms with van der Waals surface area (Å²) in [4.78, 5) is 0. The molecule has 3 N–H and O–H groups in total. The fraction of sp³-hybridized carbons (Fsp3) is 0.667. The summed E-state index contributed by atoms with van der Waals surface area (Å²) in [6.45, 7) is 1.81. The zero-order valence-corrected chi connectivity index (χ0v) is 8.87. The molecule has 0 radical (unpaired) electrons. The van der Waals surface area contributed by atoms with E-state index in [1.807, 2.05) is 6.92 Å². The van der Waals surface area contributed by atoms with Gasteiger partial charge in [-0.1, -0.05) is 0 Å². The first-order valence-electron chi connectivity index (χ1n) is 4.76. The number of alkyl halides is 2. The second kappa shape index (κ2) is 5.18. The summed E-state index contributed by atoms with van der Waals surface area (Å²) in [5.41, 5.74) is 7.34. The minimum Gasteiger partial charge on any atom is -0.329 e. The van der Waals surface area contributed by atoms with Gasteiger partial charge in [-0.25, -0.2) is 8.78 Å². The van der Waals surface area contributed by atoms with Crippen molar-refractivity contribution in [3.05, 3.63) is 17.5 Å². The normalized spacial score (nSPS) is 13.5. The van der Waals surface area contributed by atoms with Crippen LogP contribution in [0, 0.1) is 6.92 Å². The number of aromatic nitrogens is 2. The van der Waals surface area contributed by atoms with Crippen molar-refractivity contribution in [1.29, 1.82) is 0 Å². The van der Waals surface area contributed by atoms with Crippen LogP contribution in [-0.4, -0.2) is 29.3 Å². The first-order valence-corrected chi connectivity index (χ1v) is 4.76. The smallest absolute Gasteiger partial charge is 0.250 e. The third-order valence-corrected chi connectivity index (χ3v) is 2.40. The number of hydrogen-bond acceptors (Lipinski definition) is 3. The molecular formula is C9H16F2N4. The van der Waals surface area contributed by atoms with Crippen molar-refractivity contribution >= 4 is 0 Å². The van der Waals surface area contributed by atoms with Crippen LogP contribution in [0.5, 0.6) is 0 Å². The van der Waals surface area contributed by atoms with Crippen molar-refractivity contribution in [1.82, 2.24) is 15.1 Å². The zero-order chi connectivity index (χ0) is 11.4. The first-order chi connectivity index (χ1) is 7.06. The van der Waals surface area contributed by atoms with Crippen molar-refractivity contribution in [2.24, 2.45) is 12.8 Å². The molecule has 1 atom stereocenters. The number of halogens is 2. The Hall–Kier alpha value is -1.01. The third kappa shape index (κ3) is 2.97. The van der Waals surface area contributed by atoms with Crippen LogP contribution in [-0.2, 0) is 7.05 Å². The summed E-state index contributed by atoms with van der Waals surface area (Å²) in [6, 6.07) is -0.257. The number of aryl methyl sites for hydroxylation is 1. The molecule has 0 saturated heterocycles. The molecule has 1 rings (SSSR count). The summed E-state index contributed by atoms with van der Waals surface area (Å²) in [5.74, 6) is 0. The highest BCUT2D eigenvalue weighted by Gasteiger charge is 2.16. The van der Waals surface area contributed by atoms with E-state index in [9.17, 15) is 8.78 Å². The highest BCUT2D eigenvalue weighted by Crippen LogP contribution is 2.15. The van der Waals surface area contributed by atoms with Gasteiger partial charge < -0.3 is 11.1 Å². The van der Waals surface area contributed by atoms with Gasteiger partial charge in [-0.15, -0.1) is 0 Å². The van der Waals surface area contributed by atoms with Gasteiger partial charge in [-0.3, -0.25) is 4.68 Å². The van der Waals surface area contributed by atoms with Crippen LogP contribution in [0.25, 0.3) is 0 Å². The number of nitrogens with two attached hydrogens (primary N) is 1. The molecule has 0 saturated carbocycles. The molecule has 1 aromatic rings. The Morgan fingerprint density at radius 1 is 1.60 bits per heavy atom. The molecule has 0 fully saturated rings. The van der Waals surface area contributed by atoms with E-state index in [0.29, 0.717) is 0 Å². The Bertz CT molecular complexity index is 311. The molecule has 0 aliphatic carbocycles. The predicted molar refractivity (Wildman–Crippen MR) is 53.7 cm³/mol. The van der Waals surface area contributed by atoms with Crippen LogP contribution in [0.3, 0.4) is 0 Å². The van der Waals surface area contributed by atoms with Crippen molar-refractivity contribution in [2.45, 2.75) is 19.4 Å². The summed E-state index contributed by atoms with van der Waals surface area (Å²) in [6.07, 6.45) is -0.707. The van der Waals surface area contributed by atoms with E-state index in [1.54, 1.807) is 17.9 Å². The maximum absolute atomic E-state index is 12.0. The van der Waals surface area contributed by atoms with E-state index in [2.05, 4.69) is 10.4 Å². The fourth-order valence-electron chi connectivity index (χ4n) is 1.41. The van der Waals surface area contributed by atoms with Gasteiger partial charge >= 0.3 is 0 Å². The van der Waals surface area contributed by atoms with Crippen molar-refractivity contribution in [2.75, 3.05) is 13.1 Å². The summed E-state index contributed by atoms with van der Waals surface area (Å²) < 4.78 is 25.8. The quantitative estimate of drug-likeness (QED) is 0.760. The van der Waals surface area contributed by atoms with Crippen LogP contribution in [0.4, 0.5) is 8.78 Å². The van der Waals surface area contributed by atoms with E-state index >= 15 is 0 Å². The van der Waals surface area contributed by atoms with Crippen LogP contribution in [0.2, 0.25) is 0 Å². The van der Waals surface area contributed by atoms with Gasteiger partial charge in [-0.2, -0.15) is 5.10 Å². The number of rotatable bonds is 5. The lowest BCUT2D eigenvalue weighted by molar-refractivity contribution is 0.141. The maximum atomic E-state index is 12.0. The van der Waals surface area contributed by atoms with Gasteiger partial charge in [0.05, 0.1) is 12.7 Å². The van der Waals surface area contributed by atoms with Gasteiger partial charge in [0.2, 0.25) is 0 Å². The largest absolute Gasteiger partial charge is 0.329 e. The van der Waals surface area contributed by atoms with Crippen LogP contribution < -0.4 is 11.1 Å². The lowest BCUT2D eigenvalue weighted by Crippen LogP contribution is -2.32. The molecule has 0 amide bonds. The Labute approximate surface area is 87.4 Å². The molecule has 15 heavy (non-hydrogen) atoms. The molecule has 1 unspecified atom stereocenters. The maximum Gasteiger partial charge on any atom is 0.250 e. The molecule has 0 aromatic carbocycles. The third-order valence-electron chi connectivity index (χ3n) is 2.40. The SMILES string of the molecule is Cc1c(C(CN)NCC(F)F)cnn1C. The second-order valence-corrected chi connectivity index (χ2v) is 3.40. The average molecular weight is 218 g/mol. The van der Waals surface area contributed by atoms with Gasteiger partial charge in [0.1, 0.15) is 0 Å². The molecule has 0 spiro atoms. The predicted octanol–water partition coefficient (Wildman–Crippen LogP) is 0.583. The topological polar surface area (TPSA) is 55.9 Å². The van der Waals surface area contributed by atoms with E-state index in [4.69, 9.17) is 5.73 Å². The van der Waals surface area contributed by atoms with E-state index in [1.165, 1.54) is 0 Å². The van der Waals surface area contributed by atoms with Gasteiger partial charge in [-0.05, 0) is 6.92 Å². The minimum absolute atomic E-state index is 0.257. The molecule has 0 bridgehead atoms. The molecule has 4 nitrogen and oxygen atoms in total. The van der Waals surface area contributed by atoms with Crippen molar-refractivity contribution in [3.63, 3.8) is 0 Å². The Morgan fingerprint density at radius 3 is 2.67 bits per heavy atom. The lowest BCUT2D eigenvalue weighted by atomic mass is 10.1. The summed E-state index contributed by atoms with van der Waals surface area (Å²) >= 11 is 0. The number of nitrogens with one attached hydrogen (secondary N) is 1. The van der Waals surface area contributed by atoms with Crippen LogP contribution in [0.1, 0.15) is 17.3 Å². The lowest BCUT2D eigenvalue weighted by Gasteiger charge is -2.16. The highest BCUT2D eigenvalue weighted by molar-refractivity contribution is 5.20. The summed E-state index contributed by atoms with van der Waals surface area (Å²) in [7, 11) is 1.81. The standard InChI is InChI=1S/C9H16F2N4/c1-6-7(4-14-15(6)2)8(3-12)13-5-9(10)11/h4,8-9,13H,3,5,12H2,1-2H3. The second-order valence-electron chi connectivity index (χ2n) is 3.40. The minimum atomic E-state index is -2.36. The highest BCUT2D eigenvalue weighted by atomic mass is 19.3. The zero-order valence-electron chi connectivity index (χ0n) is 8.87. The molecule has 0 aliphatic rings. The fourth-order valence-corrected chi connectivity index (χ4v) is 1.41. The van der Waals surface area contributed by atoms with Gasteiger partial charge in [0, 0.05) is 30.9 Å². The molecule has 0 aliphatic heterocycles.